The van der Waals surface area contributed by atoms with Crippen LogP contribution in [0, 0.1) is 5.92 Å². The molecule has 0 aliphatic carbocycles. The Morgan fingerprint density at radius 3 is 2.37 bits per heavy atom. The summed E-state index contributed by atoms with van der Waals surface area (Å²) >= 11 is 0. The molecule has 8 heteroatoms. The van der Waals surface area contributed by atoms with Gasteiger partial charge in [-0.25, -0.2) is 4.79 Å². The molecule has 30 heavy (non-hydrogen) atoms. The second-order valence-electron chi connectivity index (χ2n) is 7.96. The van der Waals surface area contributed by atoms with E-state index in [9.17, 15) is 19.2 Å². The van der Waals surface area contributed by atoms with Crippen molar-refractivity contribution < 1.29 is 23.9 Å². The number of alkyl carbamates (subject to hydrolysis) is 1. The summed E-state index contributed by atoms with van der Waals surface area (Å²) in [5, 5.41) is 5.20. The van der Waals surface area contributed by atoms with Crippen molar-refractivity contribution in [2.45, 2.75) is 65.3 Å². The summed E-state index contributed by atoms with van der Waals surface area (Å²) in [7, 11) is 0. The third-order valence-electron chi connectivity index (χ3n) is 5.18. The van der Waals surface area contributed by atoms with Crippen molar-refractivity contribution in [2.24, 2.45) is 5.92 Å². The van der Waals surface area contributed by atoms with Crippen LogP contribution in [0.2, 0.25) is 0 Å². The molecule has 1 aromatic carbocycles. The number of nitrogens with zero attached hydrogens (tertiary/aromatic N) is 1. The van der Waals surface area contributed by atoms with Crippen molar-refractivity contribution in [3.05, 3.63) is 35.9 Å². The predicted molar refractivity (Wildman–Crippen MR) is 111 cm³/mol. The smallest absolute Gasteiger partial charge is 0.408 e. The molecule has 0 saturated carbocycles. The molecule has 3 amide bonds. The Bertz CT molecular complexity index is 765. The van der Waals surface area contributed by atoms with Gasteiger partial charge >= 0.3 is 6.09 Å². The number of hydrogen-bond donors (Lipinski definition) is 2. The van der Waals surface area contributed by atoms with Gasteiger partial charge in [0, 0.05) is 6.54 Å². The quantitative estimate of drug-likeness (QED) is 0.673. The maximum absolute atomic E-state index is 13.0. The first-order chi connectivity index (χ1) is 14.2. The summed E-state index contributed by atoms with van der Waals surface area (Å²) in [6.07, 6.45) is 0.690. The van der Waals surface area contributed by atoms with Gasteiger partial charge in [-0.15, -0.1) is 0 Å². The summed E-state index contributed by atoms with van der Waals surface area (Å²) < 4.78 is 5.13. The molecule has 2 rings (SSSR count). The summed E-state index contributed by atoms with van der Waals surface area (Å²) in [5.74, 6) is -0.982. The minimum absolute atomic E-state index is 0.0501. The Labute approximate surface area is 177 Å². The normalized spacial score (nSPS) is 17.9. The van der Waals surface area contributed by atoms with Crippen LogP contribution in [0.25, 0.3) is 0 Å². The van der Waals surface area contributed by atoms with Crippen LogP contribution in [0.4, 0.5) is 4.79 Å². The van der Waals surface area contributed by atoms with Gasteiger partial charge in [0.05, 0.1) is 6.04 Å². The lowest BCUT2D eigenvalue weighted by Gasteiger charge is -2.30. The first-order valence-electron chi connectivity index (χ1n) is 10.3. The fourth-order valence-corrected chi connectivity index (χ4v) is 3.43. The Morgan fingerprint density at radius 2 is 1.77 bits per heavy atom. The second kappa shape index (κ2) is 10.8. The van der Waals surface area contributed by atoms with Crippen LogP contribution in [0.3, 0.4) is 0 Å². The lowest BCUT2D eigenvalue weighted by molar-refractivity contribution is -0.141. The third-order valence-corrected chi connectivity index (χ3v) is 5.18. The molecular weight excluding hydrogens is 386 g/mol. The zero-order valence-corrected chi connectivity index (χ0v) is 18.0. The molecule has 1 heterocycles. The van der Waals surface area contributed by atoms with E-state index in [1.165, 1.54) is 13.8 Å². The van der Waals surface area contributed by atoms with E-state index < -0.39 is 30.1 Å². The van der Waals surface area contributed by atoms with E-state index in [4.69, 9.17) is 4.74 Å². The lowest BCUT2D eigenvalue weighted by Crippen LogP contribution is -2.56. The Hall–Kier alpha value is -2.90. The summed E-state index contributed by atoms with van der Waals surface area (Å²) in [6, 6.07) is 7.11. The molecule has 1 fully saturated rings. The first kappa shape index (κ1) is 23.4. The van der Waals surface area contributed by atoms with Crippen molar-refractivity contribution in [3.63, 3.8) is 0 Å². The molecule has 3 atom stereocenters. The Balaban J connectivity index is 1.91. The third kappa shape index (κ3) is 6.30. The standard InChI is InChI=1S/C22H31N3O5/c1-14(2)19(21(28)25-12-8-11-18(25)16(4)26)24-20(27)15(3)23-22(29)30-13-17-9-6-5-7-10-17/h5-7,9-10,14-15,18-19H,8,11-13H2,1-4H3,(H,23,29)(H,24,27)/t15-,18-,19-/m0/s1. The number of carbonyl (C=O) groups is 4. The van der Waals surface area contributed by atoms with E-state index in [2.05, 4.69) is 10.6 Å². The molecule has 1 aromatic rings. The van der Waals surface area contributed by atoms with E-state index in [0.29, 0.717) is 13.0 Å². The zero-order chi connectivity index (χ0) is 22.3. The predicted octanol–water partition coefficient (Wildman–Crippen LogP) is 2.02. The number of rotatable bonds is 8. The number of carbonyl (C=O) groups excluding carboxylic acids is 4. The molecule has 164 valence electrons. The van der Waals surface area contributed by atoms with Crippen molar-refractivity contribution >= 4 is 23.7 Å². The monoisotopic (exact) mass is 417 g/mol. The van der Waals surface area contributed by atoms with Crippen molar-refractivity contribution in [2.75, 3.05) is 6.54 Å². The molecule has 0 bridgehead atoms. The van der Waals surface area contributed by atoms with Crippen molar-refractivity contribution in [1.29, 1.82) is 0 Å². The number of hydrogen-bond acceptors (Lipinski definition) is 5. The Morgan fingerprint density at radius 1 is 1.10 bits per heavy atom. The van der Waals surface area contributed by atoms with Gasteiger partial charge in [0.1, 0.15) is 18.7 Å². The molecule has 0 unspecified atom stereocenters. The van der Waals surface area contributed by atoms with Crippen LogP contribution in [0.5, 0.6) is 0 Å². The second-order valence-corrected chi connectivity index (χ2v) is 7.96. The largest absolute Gasteiger partial charge is 0.445 e. The fourth-order valence-electron chi connectivity index (χ4n) is 3.43. The Kier molecular flexibility index (Phi) is 8.38. The first-order valence-corrected chi connectivity index (χ1v) is 10.3. The van der Waals surface area contributed by atoms with E-state index >= 15 is 0 Å². The highest BCUT2D eigenvalue weighted by Gasteiger charge is 2.37. The van der Waals surface area contributed by atoms with Gasteiger partial charge in [-0.3, -0.25) is 14.4 Å². The molecule has 1 aliphatic rings. The maximum atomic E-state index is 13.0. The van der Waals surface area contributed by atoms with Gasteiger partial charge in [-0.1, -0.05) is 44.2 Å². The minimum Gasteiger partial charge on any atom is -0.445 e. The highest BCUT2D eigenvalue weighted by atomic mass is 16.5. The van der Waals surface area contributed by atoms with Crippen LogP contribution >= 0.6 is 0 Å². The number of Topliss-reactive ketones (excluding diaryl/α,β-unsaturated/α-hetero) is 1. The molecule has 8 nitrogen and oxygen atoms in total. The molecular formula is C22H31N3O5. The van der Waals surface area contributed by atoms with E-state index in [-0.39, 0.29) is 24.2 Å². The number of benzene rings is 1. The fraction of sp³-hybridized carbons (Fsp3) is 0.545. The SMILES string of the molecule is CC(=O)[C@@H]1CCCN1C(=O)[C@@H](NC(=O)[C@H](C)NC(=O)OCc1ccccc1)C(C)C. The highest BCUT2D eigenvalue weighted by molar-refractivity contribution is 5.94. The zero-order valence-electron chi connectivity index (χ0n) is 18.0. The lowest BCUT2D eigenvalue weighted by atomic mass is 10.0. The molecule has 2 N–H and O–H groups in total. The molecule has 0 aromatic heterocycles. The molecule has 0 spiro atoms. The number of amides is 3. The average Bonchev–Trinajstić information content (AvgIpc) is 3.20. The number of ketones is 1. The molecule has 1 aliphatic heterocycles. The van der Waals surface area contributed by atoms with Gasteiger partial charge < -0.3 is 20.3 Å². The number of ether oxygens (including phenoxy) is 1. The van der Waals surface area contributed by atoms with Crippen LogP contribution in [0.1, 0.15) is 46.1 Å². The summed E-state index contributed by atoms with van der Waals surface area (Å²) in [5.41, 5.74) is 0.834. The van der Waals surface area contributed by atoms with Gasteiger partial charge in [-0.05, 0) is 38.2 Å². The van der Waals surface area contributed by atoms with Crippen LogP contribution in [-0.4, -0.2) is 53.3 Å². The minimum atomic E-state index is -0.885. The number of nitrogens with one attached hydrogen (secondary N) is 2. The van der Waals surface area contributed by atoms with Crippen LogP contribution in [0.15, 0.2) is 30.3 Å². The van der Waals surface area contributed by atoms with Gasteiger partial charge in [0.15, 0.2) is 5.78 Å². The number of likely N-dealkylation sites (tertiary alicyclic amines) is 1. The highest BCUT2D eigenvalue weighted by Crippen LogP contribution is 2.20. The molecule has 1 saturated heterocycles. The molecule has 0 radical (unpaired) electrons. The van der Waals surface area contributed by atoms with Gasteiger partial charge in [0.25, 0.3) is 0 Å². The van der Waals surface area contributed by atoms with Crippen molar-refractivity contribution in [1.82, 2.24) is 15.5 Å². The van der Waals surface area contributed by atoms with Crippen LogP contribution in [-0.2, 0) is 25.7 Å². The topological polar surface area (TPSA) is 105 Å². The van der Waals surface area contributed by atoms with E-state index in [0.717, 1.165) is 12.0 Å². The van der Waals surface area contributed by atoms with Crippen molar-refractivity contribution in [3.8, 4) is 0 Å². The van der Waals surface area contributed by atoms with Crippen LogP contribution < -0.4 is 10.6 Å². The maximum Gasteiger partial charge on any atom is 0.408 e. The van der Waals surface area contributed by atoms with E-state index in [1.807, 2.05) is 44.2 Å². The average molecular weight is 418 g/mol. The van der Waals surface area contributed by atoms with Gasteiger partial charge in [0.2, 0.25) is 11.8 Å². The summed E-state index contributed by atoms with van der Waals surface area (Å²) in [4.78, 5) is 50.9. The summed E-state index contributed by atoms with van der Waals surface area (Å²) in [6.45, 7) is 7.25. The van der Waals surface area contributed by atoms with E-state index in [1.54, 1.807) is 4.90 Å². The van der Waals surface area contributed by atoms with Gasteiger partial charge in [-0.2, -0.15) is 0 Å².